The number of hydrogen-bond acceptors (Lipinski definition) is 3. The van der Waals surface area contributed by atoms with Crippen LogP contribution in [0, 0.1) is 17.6 Å². The van der Waals surface area contributed by atoms with Gasteiger partial charge in [0.2, 0.25) is 5.91 Å². The summed E-state index contributed by atoms with van der Waals surface area (Å²) < 4.78 is 28.7. The van der Waals surface area contributed by atoms with E-state index in [1.165, 1.54) is 12.1 Å². The minimum atomic E-state index is -0.628. The van der Waals surface area contributed by atoms with E-state index in [0.717, 1.165) is 11.6 Å². The summed E-state index contributed by atoms with van der Waals surface area (Å²) in [6.45, 7) is 13.7. The van der Waals surface area contributed by atoms with Crippen LogP contribution in [0.4, 0.5) is 13.6 Å². The number of nitrogens with zero attached hydrogens (tertiary/aromatic N) is 4. The van der Waals surface area contributed by atoms with E-state index in [1.54, 1.807) is 0 Å². The summed E-state index contributed by atoms with van der Waals surface area (Å²) in [6.07, 6.45) is 1.42. The van der Waals surface area contributed by atoms with E-state index in [4.69, 9.17) is 11.6 Å². The zero-order chi connectivity index (χ0) is 29.9. The number of halogens is 3. The number of carbonyl (C=O) groups excluding carboxylic acids is 2. The van der Waals surface area contributed by atoms with Gasteiger partial charge in [-0.15, -0.1) is 0 Å². The molecule has 0 saturated carbocycles. The first kappa shape index (κ1) is 31.2. The number of amides is 3. The fourth-order valence-corrected chi connectivity index (χ4v) is 6.36. The van der Waals surface area contributed by atoms with Gasteiger partial charge in [0, 0.05) is 68.4 Å². The molecule has 2 saturated heterocycles. The van der Waals surface area contributed by atoms with Crippen molar-refractivity contribution < 1.29 is 18.4 Å². The predicted octanol–water partition coefficient (Wildman–Crippen LogP) is 6.56. The Morgan fingerprint density at radius 3 is 2.27 bits per heavy atom. The van der Waals surface area contributed by atoms with Crippen molar-refractivity contribution in [2.45, 2.75) is 65.0 Å². The van der Waals surface area contributed by atoms with Crippen molar-refractivity contribution in [1.82, 2.24) is 19.6 Å². The molecule has 0 unspecified atom stereocenters. The normalized spacial score (nSPS) is 22.4. The molecule has 0 aliphatic carbocycles. The molecule has 2 fully saturated rings. The van der Waals surface area contributed by atoms with Crippen molar-refractivity contribution in [3.05, 3.63) is 70.2 Å². The topological polar surface area (TPSA) is 47.1 Å². The van der Waals surface area contributed by atoms with Crippen LogP contribution in [0.1, 0.15) is 70.5 Å². The molecule has 4 rings (SSSR count). The first-order chi connectivity index (χ1) is 19.4. The lowest BCUT2D eigenvalue weighted by Gasteiger charge is -2.40. The summed E-state index contributed by atoms with van der Waals surface area (Å²) in [7, 11) is 0. The molecule has 2 aliphatic rings. The van der Waals surface area contributed by atoms with Crippen molar-refractivity contribution in [3.8, 4) is 0 Å². The number of carbonyl (C=O) groups is 2. The number of urea groups is 1. The SMILES string of the molecule is CCN(CC)C(=O)N1CCN(C(=O)[C@@H]2CN(C(C)(C)C)C[C@H]2c2ccc(F)cc2F)CCC[C@H]1c1ccc(Cl)cc1. The molecule has 0 spiro atoms. The van der Waals surface area contributed by atoms with Crippen LogP contribution in [0.15, 0.2) is 42.5 Å². The van der Waals surface area contributed by atoms with Gasteiger partial charge in [-0.05, 0) is 76.8 Å². The Kier molecular flexibility index (Phi) is 9.96. The molecular weight excluding hydrogens is 546 g/mol. The molecule has 2 aromatic rings. The summed E-state index contributed by atoms with van der Waals surface area (Å²) in [5, 5.41) is 0.644. The largest absolute Gasteiger partial charge is 0.341 e. The molecule has 2 aliphatic heterocycles. The Labute approximate surface area is 248 Å². The quantitative estimate of drug-likeness (QED) is 0.397. The van der Waals surface area contributed by atoms with E-state index in [0.29, 0.717) is 69.2 Å². The Hall–Kier alpha value is -2.71. The molecule has 6 nitrogen and oxygen atoms in total. The molecule has 2 heterocycles. The molecule has 0 bridgehead atoms. The van der Waals surface area contributed by atoms with Crippen molar-refractivity contribution in [2.75, 3.05) is 45.8 Å². The van der Waals surface area contributed by atoms with Crippen molar-refractivity contribution in [1.29, 1.82) is 0 Å². The van der Waals surface area contributed by atoms with Crippen LogP contribution in [0.2, 0.25) is 5.02 Å². The molecule has 41 heavy (non-hydrogen) atoms. The molecule has 224 valence electrons. The van der Waals surface area contributed by atoms with Gasteiger partial charge in [0.1, 0.15) is 11.6 Å². The molecule has 0 radical (unpaired) electrons. The van der Waals surface area contributed by atoms with E-state index in [1.807, 2.05) is 52.8 Å². The maximum atomic E-state index is 15.0. The molecule has 2 aromatic carbocycles. The highest BCUT2D eigenvalue weighted by molar-refractivity contribution is 6.30. The molecular formula is C32H43ClF2N4O2. The molecule has 0 N–H and O–H groups in total. The second-order valence-corrected chi connectivity index (χ2v) is 12.6. The minimum Gasteiger partial charge on any atom is -0.341 e. The predicted molar refractivity (Wildman–Crippen MR) is 159 cm³/mol. The van der Waals surface area contributed by atoms with Crippen LogP contribution in [-0.4, -0.2) is 82.9 Å². The summed E-state index contributed by atoms with van der Waals surface area (Å²) in [4.78, 5) is 35.7. The van der Waals surface area contributed by atoms with E-state index in [-0.39, 0.29) is 29.4 Å². The first-order valence-corrected chi connectivity index (χ1v) is 15.1. The monoisotopic (exact) mass is 588 g/mol. The van der Waals surface area contributed by atoms with Crippen LogP contribution < -0.4 is 0 Å². The van der Waals surface area contributed by atoms with Crippen LogP contribution in [-0.2, 0) is 4.79 Å². The van der Waals surface area contributed by atoms with E-state index in [9.17, 15) is 18.4 Å². The smallest absolute Gasteiger partial charge is 0.320 e. The Morgan fingerprint density at radius 1 is 0.976 bits per heavy atom. The van der Waals surface area contributed by atoms with Crippen LogP contribution >= 0.6 is 11.6 Å². The second kappa shape index (κ2) is 13.1. The summed E-state index contributed by atoms with van der Waals surface area (Å²) in [6, 6.07) is 11.1. The van der Waals surface area contributed by atoms with Crippen molar-refractivity contribution in [3.63, 3.8) is 0 Å². The first-order valence-electron chi connectivity index (χ1n) is 14.7. The number of benzene rings is 2. The highest BCUT2D eigenvalue weighted by Gasteiger charge is 2.44. The van der Waals surface area contributed by atoms with Gasteiger partial charge in [-0.1, -0.05) is 29.8 Å². The molecule has 3 amide bonds. The van der Waals surface area contributed by atoms with E-state index >= 15 is 0 Å². The molecule has 9 heteroatoms. The molecule has 0 aromatic heterocycles. The summed E-state index contributed by atoms with van der Waals surface area (Å²) in [5.41, 5.74) is 1.20. The van der Waals surface area contributed by atoms with Gasteiger partial charge < -0.3 is 14.7 Å². The van der Waals surface area contributed by atoms with Gasteiger partial charge in [0.25, 0.3) is 0 Å². The fraction of sp³-hybridized carbons (Fsp3) is 0.562. The summed E-state index contributed by atoms with van der Waals surface area (Å²) in [5.74, 6) is -2.13. The van der Waals surface area contributed by atoms with Crippen LogP contribution in [0.25, 0.3) is 0 Å². The maximum Gasteiger partial charge on any atom is 0.320 e. The second-order valence-electron chi connectivity index (χ2n) is 12.1. The van der Waals surface area contributed by atoms with Gasteiger partial charge in [-0.2, -0.15) is 0 Å². The van der Waals surface area contributed by atoms with Gasteiger partial charge in [0.15, 0.2) is 0 Å². The highest BCUT2D eigenvalue weighted by atomic mass is 35.5. The average Bonchev–Trinajstić information content (AvgIpc) is 3.36. The lowest BCUT2D eigenvalue weighted by molar-refractivity contribution is -0.136. The third kappa shape index (κ3) is 7.03. The van der Waals surface area contributed by atoms with Crippen molar-refractivity contribution in [2.24, 2.45) is 5.92 Å². The van der Waals surface area contributed by atoms with Gasteiger partial charge in [0.05, 0.1) is 12.0 Å². The summed E-state index contributed by atoms with van der Waals surface area (Å²) >= 11 is 6.15. The lowest BCUT2D eigenvalue weighted by Crippen LogP contribution is -2.51. The zero-order valence-corrected chi connectivity index (χ0v) is 25.6. The number of hydrogen-bond donors (Lipinski definition) is 0. The molecule has 3 atom stereocenters. The standard InChI is InChI=1S/C32H43ClF2N4O2/c1-6-36(7-2)31(41)39-18-17-37(16-8-9-29(39)22-10-12-23(33)13-11-22)30(40)27-21-38(32(3,4)5)20-26(27)25-15-14-24(34)19-28(25)35/h10-15,19,26-27,29H,6-9,16-18,20-21H2,1-5H3/t26-,27+,29-/m0/s1. The highest BCUT2D eigenvalue weighted by Crippen LogP contribution is 2.39. The Balaban J connectivity index is 1.60. The average molecular weight is 589 g/mol. The van der Waals surface area contributed by atoms with Crippen LogP contribution in [0.5, 0.6) is 0 Å². The maximum absolute atomic E-state index is 15.0. The minimum absolute atomic E-state index is 0.0364. The lowest BCUT2D eigenvalue weighted by atomic mass is 9.87. The zero-order valence-electron chi connectivity index (χ0n) is 24.9. The number of rotatable bonds is 5. The van der Waals surface area contributed by atoms with E-state index < -0.39 is 17.6 Å². The van der Waals surface area contributed by atoms with Crippen molar-refractivity contribution >= 4 is 23.5 Å². The third-order valence-electron chi connectivity index (χ3n) is 8.69. The van der Waals surface area contributed by atoms with E-state index in [2.05, 4.69) is 25.7 Å². The fourth-order valence-electron chi connectivity index (χ4n) is 6.24. The van der Waals surface area contributed by atoms with Gasteiger partial charge in [-0.25, -0.2) is 13.6 Å². The Bertz CT molecular complexity index is 1220. The number of likely N-dealkylation sites (tertiary alicyclic amines) is 1. The van der Waals surface area contributed by atoms with Crippen LogP contribution in [0.3, 0.4) is 0 Å². The Morgan fingerprint density at radius 2 is 1.66 bits per heavy atom. The third-order valence-corrected chi connectivity index (χ3v) is 8.94. The van der Waals surface area contributed by atoms with Gasteiger partial charge in [-0.3, -0.25) is 9.69 Å². The van der Waals surface area contributed by atoms with Gasteiger partial charge >= 0.3 is 6.03 Å².